The second kappa shape index (κ2) is 7.31. The summed E-state index contributed by atoms with van der Waals surface area (Å²) in [5, 5.41) is 10.0. The number of urea groups is 1. The van der Waals surface area contributed by atoms with Gasteiger partial charge in [-0.2, -0.15) is 5.10 Å². The quantitative estimate of drug-likeness (QED) is 0.885. The number of nitrogens with one attached hydrogen (secondary N) is 2. The molecule has 2 amide bonds. The molecule has 0 aliphatic carbocycles. The molecule has 1 unspecified atom stereocenters. The predicted molar refractivity (Wildman–Crippen MR) is 92.3 cm³/mol. The van der Waals surface area contributed by atoms with Crippen molar-refractivity contribution in [2.75, 3.05) is 7.05 Å². The van der Waals surface area contributed by atoms with Gasteiger partial charge in [-0.15, -0.1) is 0 Å². The van der Waals surface area contributed by atoms with Crippen molar-refractivity contribution in [3.8, 4) is 0 Å². The molecule has 2 rings (SSSR count). The molecule has 5 heteroatoms. The van der Waals surface area contributed by atoms with Gasteiger partial charge < -0.3 is 10.2 Å². The summed E-state index contributed by atoms with van der Waals surface area (Å²) in [4.78, 5) is 14.1. The van der Waals surface area contributed by atoms with Gasteiger partial charge in [0.25, 0.3) is 0 Å². The summed E-state index contributed by atoms with van der Waals surface area (Å²) in [6.45, 7) is 8.77. The molecule has 1 atom stereocenters. The van der Waals surface area contributed by atoms with Crippen LogP contribution in [0.25, 0.3) is 0 Å². The van der Waals surface area contributed by atoms with Crippen molar-refractivity contribution in [3.63, 3.8) is 0 Å². The zero-order chi connectivity index (χ0) is 17.0. The zero-order valence-electron chi connectivity index (χ0n) is 14.6. The van der Waals surface area contributed by atoms with E-state index >= 15 is 0 Å². The van der Waals surface area contributed by atoms with E-state index < -0.39 is 0 Å². The number of nitrogens with zero attached hydrogens (tertiary/aromatic N) is 2. The molecule has 0 bridgehead atoms. The van der Waals surface area contributed by atoms with Crippen LogP contribution in [0.3, 0.4) is 0 Å². The summed E-state index contributed by atoms with van der Waals surface area (Å²) >= 11 is 0. The molecule has 1 aromatic carbocycles. The SMILES string of the molecule is CCC(NC(=O)N(C)Cc1cn[nH]c1C)c1ccc(C)c(C)c1. The van der Waals surface area contributed by atoms with Crippen LogP contribution in [0.4, 0.5) is 4.79 Å². The summed E-state index contributed by atoms with van der Waals surface area (Å²) < 4.78 is 0. The third kappa shape index (κ3) is 4.12. The Morgan fingerprint density at radius 1 is 1.30 bits per heavy atom. The minimum absolute atomic E-state index is 0.0229. The van der Waals surface area contributed by atoms with Gasteiger partial charge in [0.1, 0.15) is 0 Å². The van der Waals surface area contributed by atoms with Crippen LogP contribution in [0.5, 0.6) is 0 Å². The molecule has 0 saturated carbocycles. The Labute approximate surface area is 138 Å². The number of benzene rings is 1. The predicted octanol–water partition coefficient (Wildman–Crippen LogP) is 3.63. The number of amides is 2. The Bertz CT molecular complexity index is 677. The maximum absolute atomic E-state index is 12.5. The Morgan fingerprint density at radius 3 is 2.61 bits per heavy atom. The van der Waals surface area contributed by atoms with Gasteiger partial charge >= 0.3 is 6.03 Å². The number of carbonyl (C=O) groups excluding carboxylic acids is 1. The molecule has 124 valence electrons. The van der Waals surface area contributed by atoms with Crippen LogP contribution >= 0.6 is 0 Å². The van der Waals surface area contributed by atoms with Gasteiger partial charge in [0.15, 0.2) is 0 Å². The van der Waals surface area contributed by atoms with Gasteiger partial charge in [-0.25, -0.2) is 4.79 Å². The van der Waals surface area contributed by atoms with Crippen LogP contribution in [0.1, 0.15) is 47.3 Å². The minimum Gasteiger partial charge on any atom is -0.331 e. The molecule has 0 aliphatic heterocycles. The van der Waals surface area contributed by atoms with Gasteiger partial charge in [-0.05, 0) is 43.9 Å². The lowest BCUT2D eigenvalue weighted by Crippen LogP contribution is -2.39. The van der Waals surface area contributed by atoms with Gasteiger partial charge in [-0.1, -0.05) is 25.1 Å². The lowest BCUT2D eigenvalue weighted by atomic mass is 9.99. The maximum Gasteiger partial charge on any atom is 0.317 e. The third-order valence-electron chi connectivity index (χ3n) is 4.33. The number of H-pyrrole nitrogens is 1. The van der Waals surface area contributed by atoms with Crippen LogP contribution in [0, 0.1) is 20.8 Å². The Kier molecular flexibility index (Phi) is 5.42. The Hall–Kier alpha value is -2.30. The summed E-state index contributed by atoms with van der Waals surface area (Å²) in [5.74, 6) is 0. The van der Waals surface area contributed by atoms with E-state index in [1.807, 2.05) is 6.92 Å². The van der Waals surface area contributed by atoms with Gasteiger partial charge in [-0.3, -0.25) is 5.10 Å². The van der Waals surface area contributed by atoms with E-state index in [2.05, 4.69) is 54.5 Å². The van der Waals surface area contributed by atoms with Crippen LogP contribution < -0.4 is 5.32 Å². The van der Waals surface area contributed by atoms with Crippen LogP contribution in [-0.4, -0.2) is 28.2 Å². The first-order valence-corrected chi connectivity index (χ1v) is 8.00. The van der Waals surface area contributed by atoms with Gasteiger partial charge in [0.2, 0.25) is 0 Å². The molecular weight excluding hydrogens is 288 g/mol. The van der Waals surface area contributed by atoms with Crippen molar-refractivity contribution in [1.82, 2.24) is 20.4 Å². The zero-order valence-corrected chi connectivity index (χ0v) is 14.6. The number of aromatic nitrogens is 2. The minimum atomic E-state index is -0.0734. The largest absolute Gasteiger partial charge is 0.331 e. The highest BCUT2D eigenvalue weighted by Crippen LogP contribution is 2.20. The van der Waals surface area contributed by atoms with Crippen LogP contribution in [0.2, 0.25) is 0 Å². The lowest BCUT2D eigenvalue weighted by Gasteiger charge is -2.23. The number of aromatic amines is 1. The topological polar surface area (TPSA) is 61.0 Å². The first kappa shape index (κ1) is 17.1. The standard InChI is InChI=1S/C18H26N4O/c1-6-17(15-8-7-12(2)13(3)9-15)20-18(23)22(5)11-16-10-19-21-14(16)4/h7-10,17H,6,11H2,1-5H3,(H,19,21)(H,20,23). The summed E-state index contributed by atoms with van der Waals surface area (Å²) in [7, 11) is 1.80. The molecule has 0 radical (unpaired) electrons. The fourth-order valence-electron chi connectivity index (χ4n) is 2.52. The van der Waals surface area contributed by atoms with Crippen LogP contribution in [-0.2, 0) is 6.54 Å². The summed E-state index contributed by atoms with van der Waals surface area (Å²) in [6.07, 6.45) is 2.62. The molecule has 0 fully saturated rings. The van der Waals surface area contributed by atoms with E-state index in [0.717, 1.165) is 23.2 Å². The van der Waals surface area contributed by atoms with Crippen molar-refractivity contribution in [2.45, 2.75) is 46.7 Å². The second-order valence-corrected chi connectivity index (χ2v) is 6.13. The fraction of sp³-hybridized carbons (Fsp3) is 0.444. The highest BCUT2D eigenvalue weighted by atomic mass is 16.2. The average molecular weight is 314 g/mol. The number of aryl methyl sites for hydroxylation is 3. The molecule has 23 heavy (non-hydrogen) atoms. The van der Waals surface area contributed by atoms with E-state index in [9.17, 15) is 4.79 Å². The van der Waals surface area contributed by atoms with E-state index in [0.29, 0.717) is 6.54 Å². The third-order valence-corrected chi connectivity index (χ3v) is 4.33. The van der Waals surface area contributed by atoms with Gasteiger partial charge in [0.05, 0.1) is 18.8 Å². The molecule has 1 heterocycles. The summed E-state index contributed by atoms with van der Waals surface area (Å²) in [5.41, 5.74) is 5.68. The first-order chi connectivity index (χ1) is 10.9. The molecule has 2 aromatic rings. The number of hydrogen-bond donors (Lipinski definition) is 2. The number of hydrogen-bond acceptors (Lipinski definition) is 2. The van der Waals surface area contributed by atoms with Crippen molar-refractivity contribution in [2.24, 2.45) is 0 Å². The molecule has 0 spiro atoms. The van der Waals surface area contributed by atoms with Crippen molar-refractivity contribution in [1.29, 1.82) is 0 Å². The molecule has 2 N–H and O–H groups in total. The van der Waals surface area contributed by atoms with Crippen LogP contribution in [0.15, 0.2) is 24.4 Å². The van der Waals surface area contributed by atoms with E-state index in [1.54, 1.807) is 18.1 Å². The van der Waals surface area contributed by atoms with Crippen molar-refractivity contribution in [3.05, 3.63) is 52.3 Å². The molecule has 0 saturated heterocycles. The smallest absolute Gasteiger partial charge is 0.317 e. The monoisotopic (exact) mass is 314 g/mol. The maximum atomic E-state index is 12.5. The van der Waals surface area contributed by atoms with Crippen molar-refractivity contribution < 1.29 is 4.79 Å². The summed E-state index contributed by atoms with van der Waals surface area (Å²) in [6, 6.07) is 6.31. The fourth-order valence-corrected chi connectivity index (χ4v) is 2.52. The number of rotatable bonds is 5. The molecule has 0 aliphatic rings. The first-order valence-electron chi connectivity index (χ1n) is 8.00. The Morgan fingerprint density at radius 2 is 2.04 bits per heavy atom. The second-order valence-electron chi connectivity index (χ2n) is 6.13. The highest BCUT2D eigenvalue weighted by molar-refractivity contribution is 5.74. The van der Waals surface area contributed by atoms with Gasteiger partial charge in [0, 0.05) is 18.3 Å². The lowest BCUT2D eigenvalue weighted by molar-refractivity contribution is 0.202. The highest BCUT2D eigenvalue weighted by Gasteiger charge is 2.17. The molecular formula is C18H26N4O. The van der Waals surface area contributed by atoms with E-state index in [-0.39, 0.29) is 12.1 Å². The average Bonchev–Trinajstić information content (AvgIpc) is 2.92. The van der Waals surface area contributed by atoms with E-state index in [4.69, 9.17) is 0 Å². The number of carbonyl (C=O) groups is 1. The normalized spacial score (nSPS) is 12.0. The molecule has 5 nitrogen and oxygen atoms in total. The Balaban J connectivity index is 2.04. The molecule has 1 aromatic heterocycles. The van der Waals surface area contributed by atoms with E-state index in [1.165, 1.54) is 11.1 Å². The van der Waals surface area contributed by atoms with Crippen molar-refractivity contribution >= 4 is 6.03 Å².